The van der Waals surface area contributed by atoms with Crippen LogP contribution in [0.15, 0.2) is 53.4 Å². The number of benzene rings is 2. The number of nitrogens with zero attached hydrogens (tertiary/aromatic N) is 2. The smallest absolute Gasteiger partial charge is 0.240 e. The number of sulfonamides is 1. The van der Waals surface area contributed by atoms with Gasteiger partial charge < -0.3 is 5.32 Å². The van der Waals surface area contributed by atoms with Crippen molar-refractivity contribution in [2.24, 2.45) is 0 Å². The highest BCUT2D eigenvalue weighted by atomic mass is 32.2. The van der Waals surface area contributed by atoms with Crippen LogP contribution in [0.25, 0.3) is 10.9 Å². The molecule has 0 aliphatic heterocycles. The summed E-state index contributed by atoms with van der Waals surface area (Å²) in [7, 11) is -3.58. The fourth-order valence-corrected chi connectivity index (χ4v) is 4.20. The van der Waals surface area contributed by atoms with Crippen molar-refractivity contribution in [3.05, 3.63) is 65.4 Å². The number of aromatic nitrogens is 1. The van der Waals surface area contributed by atoms with Gasteiger partial charge in [-0.2, -0.15) is 5.26 Å². The Morgan fingerprint density at radius 1 is 1.07 bits per heavy atom. The summed E-state index contributed by atoms with van der Waals surface area (Å²) in [6.45, 7) is 4.23. The van der Waals surface area contributed by atoms with Crippen molar-refractivity contribution in [3.8, 4) is 6.07 Å². The third kappa shape index (κ3) is 4.25. The number of pyridine rings is 1. The average Bonchev–Trinajstić information content (AvgIpc) is 2.66. The average molecular weight is 380 g/mol. The Morgan fingerprint density at radius 3 is 2.63 bits per heavy atom. The molecule has 0 radical (unpaired) electrons. The summed E-state index contributed by atoms with van der Waals surface area (Å²) in [4.78, 5) is 4.56. The highest BCUT2D eigenvalue weighted by Gasteiger charge is 2.16. The first-order valence-corrected chi connectivity index (χ1v) is 10.00. The van der Waals surface area contributed by atoms with Crippen LogP contribution in [0.4, 0.5) is 5.69 Å². The predicted octanol–water partition coefficient (Wildman–Crippen LogP) is 3.11. The lowest BCUT2D eigenvalue weighted by Crippen LogP contribution is -2.29. The van der Waals surface area contributed by atoms with Gasteiger partial charge in [0.1, 0.15) is 11.8 Å². The number of para-hydroxylation sites is 1. The molecule has 0 amide bonds. The highest BCUT2D eigenvalue weighted by molar-refractivity contribution is 7.89. The van der Waals surface area contributed by atoms with Crippen molar-refractivity contribution in [1.82, 2.24) is 9.71 Å². The van der Waals surface area contributed by atoms with Gasteiger partial charge in [0.05, 0.1) is 10.4 Å². The van der Waals surface area contributed by atoms with E-state index in [2.05, 4.69) is 15.0 Å². The number of anilines is 1. The third-order valence-corrected chi connectivity index (χ3v) is 5.80. The van der Waals surface area contributed by atoms with Gasteiger partial charge in [-0.3, -0.25) is 0 Å². The molecule has 0 aliphatic rings. The standard InChI is InChI=1S/C20H20N4O2S/c1-14-7-8-15(2)20(11-14)27(25,26)23-10-9-22-19-12-16(13-21)24-18-6-4-3-5-17(18)19/h3-8,11-12,23H,9-10H2,1-2H3,(H,22,24). The van der Waals surface area contributed by atoms with Crippen molar-refractivity contribution in [1.29, 1.82) is 5.26 Å². The maximum Gasteiger partial charge on any atom is 0.240 e. The number of nitriles is 1. The summed E-state index contributed by atoms with van der Waals surface area (Å²) in [5, 5.41) is 13.2. The Balaban J connectivity index is 1.71. The minimum Gasteiger partial charge on any atom is -0.383 e. The number of rotatable bonds is 6. The Bertz CT molecular complexity index is 1130. The molecule has 0 atom stereocenters. The first kappa shape index (κ1) is 18.8. The molecule has 138 valence electrons. The predicted molar refractivity (Wildman–Crippen MR) is 106 cm³/mol. The fourth-order valence-electron chi connectivity index (χ4n) is 2.84. The Labute approximate surface area is 158 Å². The van der Waals surface area contributed by atoms with Gasteiger partial charge >= 0.3 is 0 Å². The lowest BCUT2D eigenvalue weighted by atomic mass is 10.1. The molecule has 0 bridgehead atoms. The Morgan fingerprint density at radius 2 is 1.85 bits per heavy atom. The first-order chi connectivity index (χ1) is 12.9. The molecule has 1 aromatic heterocycles. The molecule has 3 rings (SSSR count). The zero-order chi connectivity index (χ0) is 19.4. The van der Waals surface area contributed by atoms with Gasteiger partial charge in [-0.25, -0.2) is 18.1 Å². The second kappa shape index (κ2) is 7.74. The lowest BCUT2D eigenvalue weighted by molar-refractivity contribution is 0.582. The zero-order valence-electron chi connectivity index (χ0n) is 15.2. The fraction of sp³-hybridized carbons (Fsp3) is 0.200. The van der Waals surface area contributed by atoms with Gasteiger partial charge in [0.15, 0.2) is 0 Å². The second-order valence-electron chi connectivity index (χ2n) is 6.28. The number of fused-ring (bicyclic) bond motifs is 1. The number of hydrogen-bond acceptors (Lipinski definition) is 5. The molecule has 0 unspecified atom stereocenters. The van der Waals surface area contributed by atoms with E-state index in [0.29, 0.717) is 22.7 Å². The maximum absolute atomic E-state index is 12.5. The molecule has 2 N–H and O–H groups in total. The molecule has 2 aromatic carbocycles. The second-order valence-corrected chi connectivity index (χ2v) is 8.01. The van der Waals surface area contributed by atoms with Gasteiger partial charge in [0.25, 0.3) is 0 Å². The summed E-state index contributed by atoms with van der Waals surface area (Å²) in [5.41, 5.74) is 3.39. The summed E-state index contributed by atoms with van der Waals surface area (Å²) in [6, 6.07) is 16.6. The van der Waals surface area contributed by atoms with Gasteiger partial charge in [0, 0.05) is 24.2 Å². The van der Waals surface area contributed by atoms with Crippen molar-refractivity contribution in [3.63, 3.8) is 0 Å². The minimum atomic E-state index is -3.58. The molecule has 0 saturated heterocycles. The number of hydrogen-bond donors (Lipinski definition) is 2. The molecule has 27 heavy (non-hydrogen) atoms. The van der Waals surface area contributed by atoms with Crippen molar-refractivity contribution >= 4 is 26.6 Å². The molecule has 0 aliphatic carbocycles. The molecular weight excluding hydrogens is 360 g/mol. The van der Waals surface area contributed by atoms with E-state index >= 15 is 0 Å². The first-order valence-electron chi connectivity index (χ1n) is 8.51. The number of aryl methyl sites for hydroxylation is 2. The molecule has 0 spiro atoms. The topological polar surface area (TPSA) is 94.9 Å². The summed E-state index contributed by atoms with van der Waals surface area (Å²) in [6.07, 6.45) is 0. The molecule has 6 nitrogen and oxygen atoms in total. The van der Waals surface area contributed by atoms with E-state index in [0.717, 1.165) is 22.2 Å². The van der Waals surface area contributed by atoms with E-state index in [1.807, 2.05) is 43.3 Å². The van der Waals surface area contributed by atoms with Crippen LogP contribution < -0.4 is 10.0 Å². The van der Waals surface area contributed by atoms with Gasteiger partial charge in [-0.05, 0) is 43.2 Å². The van der Waals surface area contributed by atoms with E-state index in [4.69, 9.17) is 5.26 Å². The minimum absolute atomic E-state index is 0.217. The largest absolute Gasteiger partial charge is 0.383 e. The van der Waals surface area contributed by atoms with Crippen LogP contribution in [0.3, 0.4) is 0 Å². The van der Waals surface area contributed by atoms with E-state index in [-0.39, 0.29) is 6.54 Å². The quantitative estimate of drug-likeness (QED) is 0.641. The van der Waals surface area contributed by atoms with Crippen LogP contribution in [0.2, 0.25) is 0 Å². The molecule has 7 heteroatoms. The Hall–Kier alpha value is -2.95. The summed E-state index contributed by atoms with van der Waals surface area (Å²) >= 11 is 0. The molecule has 3 aromatic rings. The van der Waals surface area contributed by atoms with E-state index in [1.165, 1.54) is 0 Å². The highest BCUT2D eigenvalue weighted by Crippen LogP contribution is 2.22. The van der Waals surface area contributed by atoms with E-state index in [1.54, 1.807) is 25.1 Å². The molecular formula is C20H20N4O2S. The summed E-state index contributed by atoms with van der Waals surface area (Å²) < 4.78 is 27.7. The lowest BCUT2D eigenvalue weighted by Gasteiger charge is -2.12. The van der Waals surface area contributed by atoms with Gasteiger partial charge in [-0.15, -0.1) is 0 Å². The molecule has 0 saturated carbocycles. The van der Waals surface area contributed by atoms with Crippen LogP contribution in [0.1, 0.15) is 16.8 Å². The van der Waals surface area contributed by atoms with Crippen molar-refractivity contribution < 1.29 is 8.42 Å². The van der Waals surface area contributed by atoms with Gasteiger partial charge in [0.2, 0.25) is 10.0 Å². The van der Waals surface area contributed by atoms with Crippen LogP contribution in [0.5, 0.6) is 0 Å². The van der Waals surface area contributed by atoms with Crippen LogP contribution >= 0.6 is 0 Å². The monoisotopic (exact) mass is 380 g/mol. The maximum atomic E-state index is 12.5. The SMILES string of the molecule is Cc1ccc(C)c(S(=O)(=O)NCCNc2cc(C#N)nc3ccccc23)c1. The van der Waals surface area contributed by atoms with Crippen LogP contribution in [-0.4, -0.2) is 26.5 Å². The Kier molecular flexibility index (Phi) is 5.40. The summed E-state index contributed by atoms with van der Waals surface area (Å²) in [5.74, 6) is 0. The van der Waals surface area contributed by atoms with E-state index in [9.17, 15) is 8.42 Å². The third-order valence-electron chi connectivity index (χ3n) is 4.20. The normalized spacial score (nSPS) is 11.3. The molecule has 0 fully saturated rings. The number of nitrogens with one attached hydrogen (secondary N) is 2. The molecule has 1 heterocycles. The van der Waals surface area contributed by atoms with E-state index < -0.39 is 10.0 Å². The zero-order valence-corrected chi connectivity index (χ0v) is 16.0. The van der Waals surface area contributed by atoms with Crippen LogP contribution in [-0.2, 0) is 10.0 Å². The van der Waals surface area contributed by atoms with Crippen LogP contribution in [0, 0.1) is 25.2 Å². The van der Waals surface area contributed by atoms with Crippen molar-refractivity contribution in [2.45, 2.75) is 18.7 Å². The van der Waals surface area contributed by atoms with Crippen molar-refractivity contribution in [2.75, 3.05) is 18.4 Å². The van der Waals surface area contributed by atoms with Gasteiger partial charge in [-0.1, -0.05) is 30.3 Å².